The Morgan fingerprint density at radius 1 is 0.973 bits per heavy atom. The lowest BCUT2D eigenvalue weighted by Crippen LogP contribution is -2.53. The smallest absolute Gasteiger partial charge is 0.244 e. The Morgan fingerprint density at radius 2 is 1.65 bits per heavy atom. The minimum atomic E-state index is -3.94. The summed E-state index contributed by atoms with van der Waals surface area (Å²) in [5.41, 5.74) is 2.64. The number of hydrogen-bond donors (Lipinski definition) is 1. The third kappa shape index (κ3) is 7.63. The zero-order chi connectivity index (χ0) is 27.0. The molecule has 196 valence electrons. The lowest BCUT2D eigenvalue weighted by Gasteiger charge is -2.33. The first-order valence-corrected chi connectivity index (χ1v) is 13.8. The number of anilines is 1. The van der Waals surface area contributed by atoms with Gasteiger partial charge in [-0.3, -0.25) is 13.9 Å². The van der Waals surface area contributed by atoms with E-state index in [4.69, 9.17) is 0 Å². The lowest BCUT2D eigenvalue weighted by molar-refractivity contribution is -0.140. The highest BCUT2D eigenvalue weighted by molar-refractivity contribution is 7.92. The number of carbonyl (C=O) groups is 2. The summed E-state index contributed by atoms with van der Waals surface area (Å²) < 4.78 is 40.1. The largest absolute Gasteiger partial charge is 0.355 e. The van der Waals surface area contributed by atoms with Crippen LogP contribution >= 0.6 is 0 Å². The van der Waals surface area contributed by atoms with Gasteiger partial charge in [0.15, 0.2) is 0 Å². The molecule has 0 saturated carbocycles. The zero-order valence-electron chi connectivity index (χ0n) is 21.2. The minimum absolute atomic E-state index is 0.0318. The van der Waals surface area contributed by atoms with E-state index in [0.717, 1.165) is 33.3 Å². The molecule has 3 aromatic carbocycles. The molecule has 0 aliphatic rings. The third-order valence-electron chi connectivity index (χ3n) is 6.00. The van der Waals surface area contributed by atoms with Gasteiger partial charge in [0.1, 0.15) is 18.4 Å². The average Bonchev–Trinajstić information content (AvgIpc) is 2.85. The van der Waals surface area contributed by atoms with Crippen molar-refractivity contribution >= 4 is 27.5 Å². The van der Waals surface area contributed by atoms with Crippen LogP contribution in [0.4, 0.5) is 10.1 Å². The molecule has 0 heterocycles. The Kier molecular flexibility index (Phi) is 9.41. The maximum atomic E-state index is 13.9. The van der Waals surface area contributed by atoms with Crippen LogP contribution in [-0.4, -0.2) is 50.5 Å². The molecule has 0 aliphatic heterocycles. The van der Waals surface area contributed by atoms with Crippen LogP contribution in [0, 0.1) is 12.7 Å². The summed E-state index contributed by atoms with van der Waals surface area (Å²) in [6, 6.07) is 21.0. The molecule has 2 amide bonds. The number of hydrogen-bond acceptors (Lipinski definition) is 4. The first kappa shape index (κ1) is 27.9. The van der Waals surface area contributed by atoms with Gasteiger partial charge in [0.2, 0.25) is 21.8 Å². The Bertz CT molecular complexity index is 1330. The van der Waals surface area contributed by atoms with Crippen LogP contribution in [0.15, 0.2) is 78.9 Å². The summed E-state index contributed by atoms with van der Waals surface area (Å²) in [5.74, 6) is -1.55. The SMILES string of the molecule is CCNC(=O)C(Cc1ccccc1)N(Cc1ccccc1C)C(=O)CN(c1cccc(F)c1)S(C)(=O)=O. The number of aryl methyl sites for hydroxylation is 1. The Hall–Kier alpha value is -3.72. The summed E-state index contributed by atoms with van der Waals surface area (Å²) in [6.45, 7) is 3.58. The highest BCUT2D eigenvalue weighted by Crippen LogP contribution is 2.21. The second-order valence-corrected chi connectivity index (χ2v) is 10.7. The van der Waals surface area contributed by atoms with E-state index in [-0.39, 0.29) is 24.6 Å². The fourth-order valence-electron chi connectivity index (χ4n) is 4.06. The number of rotatable bonds is 11. The van der Waals surface area contributed by atoms with Gasteiger partial charge in [-0.25, -0.2) is 12.8 Å². The minimum Gasteiger partial charge on any atom is -0.355 e. The van der Waals surface area contributed by atoms with Crippen molar-refractivity contribution in [3.05, 3.63) is 101 Å². The molecule has 0 radical (unpaired) electrons. The van der Waals surface area contributed by atoms with Crippen molar-refractivity contribution in [1.29, 1.82) is 0 Å². The molecule has 0 spiro atoms. The lowest BCUT2D eigenvalue weighted by atomic mass is 10.0. The van der Waals surface area contributed by atoms with Crippen molar-refractivity contribution in [3.8, 4) is 0 Å². The Balaban J connectivity index is 2.05. The number of sulfonamides is 1. The molecule has 0 fully saturated rings. The molecule has 0 aliphatic carbocycles. The highest BCUT2D eigenvalue weighted by atomic mass is 32.2. The molecule has 1 N–H and O–H groups in total. The summed E-state index contributed by atoms with van der Waals surface area (Å²) in [7, 11) is -3.94. The standard InChI is InChI=1S/C28H32FN3O4S/c1-4-30-28(34)26(17-22-12-6-5-7-13-22)31(19-23-14-9-8-11-21(23)2)27(33)20-32(37(3,35)36)25-16-10-15-24(29)18-25/h5-16,18,26H,4,17,19-20H2,1-3H3,(H,30,34). The number of likely N-dealkylation sites (N-methyl/N-ethyl adjacent to an activating group) is 1. The summed E-state index contributed by atoms with van der Waals surface area (Å²) in [5, 5.41) is 2.81. The molecule has 0 saturated heterocycles. The van der Waals surface area contributed by atoms with E-state index in [0.29, 0.717) is 6.54 Å². The first-order chi connectivity index (χ1) is 17.6. The van der Waals surface area contributed by atoms with Gasteiger partial charge >= 0.3 is 0 Å². The number of carbonyl (C=O) groups excluding carboxylic acids is 2. The zero-order valence-corrected chi connectivity index (χ0v) is 22.0. The van der Waals surface area contributed by atoms with E-state index in [9.17, 15) is 22.4 Å². The molecule has 0 aromatic heterocycles. The maximum absolute atomic E-state index is 13.9. The van der Waals surface area contributed by atoms with Crippen molar-refractivity contribution < 1.29 is 22.4 Å². The number of benzene rings is 3. The van der Waals surface area contributed by atoms with Crippen molar-refractivity contribution in [1.82, 2.24) is 10.2 Å². The quantitative estimate of drug-likeness (QED) is 0.414. The molecular weight excluding hydrogens is 493 g/mol. The van der Waals surface area contributed by atoms with Crippen LogP contribution in [0.5, 0.6) is 0 Å². The topological polar surface area (TPSA) is 86.8 Å². The molecule has 37 heavy (non-hydrogen) atoms. The van der Waals surface area contributed by atoms with Crippen LogP contribution in [0.1, 0.15) is 23.6 Å². The number of amides is 2. The fraction of sp³-hybridized carbons (Fsp3) is 0.286. The molecule has 3 aromatic rings. The number of nitrogens with one attached hydrogen (secondary N) is 1. The summed E-state index contributed by atoms with van der Waals surface area (Å²) >= 11 is 0. The Morgan fingerprint density at radius 3 is 2.27 bits per heavy atom. The average molecular weight is 526 g/mol. The van der Waals surface area contributed by atoms with Crippen LogP contribution in [0.25, 0.3) is 0 Å². The first-order valence-electron chi connectivity index (χ1n) is 12.0. The number of halogens is 1. The van der Waals surface area contributed by atoms with Crippen LogP contribution in [0.3, 0.4) is 0 Å². The normalized spacial score (nSPS) is 12.0. The predicted molar refractivity (Wildman–Crippen MR) is 143 cm³/mol. The van der Waals surface area contributed by atoms with E-state index in [1.807, 2.05) is 61.5 Å². The van der Waals surface area contributed by atoms with Crippen LogP contribution in [0.2, 0.25) is 0 Å². The van der Waals surface area contributed by atoms with Gasteiger partial charge in [0.25, 0.3) is 0 Å². The van der Waals surface area contributed by atoms with E-state index in [1.165, 1.54) is 23.1 Å². The summed E-state index contributed by atoms with van der Waals surface area (Å²) in [4.78, 5) is 28.6. The van der Waals surface area contributed by atoms with Crippen molar-refractivity contribution in [3.63, 3.8) is 0 Å². The molecule has 3 rings (SSSR count). The molecule has 7 nitrogen and oxygen atoms in total. The van der Waals surface area contributed by atoms with E-state index in [2.05, 4.69) is 5.32 Å². The van der Waals surface area contributed by atoms with E-state index in [1.54, 1.807) is 6.92 Å². The van der Waals surface area contributed by atoms with Gasteiger partial charge in [-0.15, -0.1) is 0 Å². The van der Waals surface area contributed by atoms with Gasteiger partial charge in [0.05, 0.1) is 11.9 Å². The van der Waals surface area contributed by atoms with Crippen molar-refractivity contribution in [2.75, 3.05) is 23.7 Å². The van der Waals surface area contributed by atoms with Gasteiger partial charge in [0, 0.05) is 19.5 Å². The van der Waals surface area contributed by atoms with Crippen LogP contribution in [-0.2, 0) is 32.6 Å². The molecule has 9 heteroatoms. The molecule has 0 bridgehead atoms. The van der Waals surface area contributed by atoms with Crippen LogP contribution < -0.4 is 9.62 Å². The van der Waals surface area contributed by atoms with Gasteiger partial charge in [-0.2, -0.15) is 0 Å². The monoisotopic (exact) mass is 525 g/mol. The van der Waals surface area contributed by atoms with Gasteiger partial charge in [-0.1, -0.05) is 60.7 Å². The number of nitrogens with zero attached hydrogens (tertiary/aromatic N) is 2. The van der Waals surface area contributed by atoms with E-state index >= 15 is 0 Å². The van der Waals surface area contributed by atoms with Gasteiger partial charge in [-0.05, 0) is 48.7 Å². The van der Waals surface area contributed by atoms with E-state index < -0.39 is 34.3 Å². The van der Waals surface area contributed by atoms with Gasteiger partial charge < -0.3 is 10.2 Å². The second kappa shape index (κ2) is 12.5. The van der Waals surface area contributed by atoms with Crippen molar-refractivity contribution in [2.45, 2.75) is 32.9 Å². The third-order valence-corrected chi connectivity index (χ3v) is 7.14. The predicted octanol–water partition coefficient (Wildman–Crippen LogP) is 3.68. The molecule has 1 unspecified atom stereocenters. The maximum Gasteiger partial charge on any atom is 0.244 e. The molecule has 1 atom stereocenters. The fourth-order valence-corrected chi connectivity index (χ4v) is 4.90. The highest BCUT2D eigenvalue weighted by Gasteiger charge is 2.33. The second-order valence-electron chi connectivity index (χ2n) is 8.80. The Labute approximate surface area is 218 Å². The van der Waals surface area contributed by atoms with Crippen molar-refractivity contribution in [2.24, 2.45) is 0 Å². The molecular formula is C28H32FN3O4S. The summed E-state index contributed by atoms with van der Waals surface area (Å²) in [6.07, 6.45) is 1.20.